The van der Waals surface area contributed by atoms with E-state index in [2.05, 4.69) is 11.4 Å². The van der Waals surface area contributed by atoms with E-state index < -0.39 is 0 Å². The first-order valence-electron chi connectivity index (χ1n) is 6.29. The summed E-state index contributed by atoms with van der Waals surface area (Å²) >= 11 is 1.69. The Morgan fingerprint density at radius 3 is 2.75 bits per heavy atom. The van der Waals surface area contributed by atoms with E-state index in [4.69, 9.17) is 15.2 Å². The van der Waals surface area contributed by atoms with Crippen LogP contribution in [0.25, 0.3) is 10.1 Å². The molecule has 0 unspecified atom stereocenters. The molecular formula is C16H15NO2S. The summed E-state index contributed by atoms with van der Waals surface area (Å²) in [5, 5.41) is 3.20. The highest BCUT2D eigenvalue weighted by Gasteiger charge is 2.08. The van der Waals surface area contributed by atoms with Crippen molar-refractivity contribution in [3.8, 4) is 11.5 Å². The Balaban J connectivity index is 1.83. The lowest BCUT2D eigenvalue weighted by Gasteiger charge is -2.08. The third kappa shape index (κ3) is 2.42. The van der Waals surface area contributed by atoms with Gasteiger partial charge in [0.15, 0.2) is 0 Å². The van der Waals surface area contributed by atoms with E-state index >= 15 is 0 Å². The van der Waals surface area contributed by atoms with Gasteiger partial charge in [0.1, 0.15) is 18.1 Å². The van der Waals surface area contributed by atoms with Crippen LogP contribution in [0.3, 0.4) is 0 Å². The van der Waals surface area contributed by atoms with E-state index in [1.807, 2.05) is 36.4 Å². The minimum Gasteiger partial charge on any atom is -0.497 e. The molecule has 0 aliphatic heterocycles. The molecule has 0 aliphatic rings. The van der Waals surface area contributed by atoms with Gasteiger partial charge >= 0.3 is 0 Å². The maximum atomic E-state index is 6.05. The van der Waals surface area contributed by atoms with Gasteiger partial charge in [0.05, 0.1) is 7.11 Å². The molecule has 0 aliphatic carbocycles. The number of rotatable bonds is 4. The van der Waals surface area contributed by atoms with Crippen LogP contribution in [0.15, 0.2) is 47.8 Å². The lowest BCUT2D eigenvalue weighted by Crippen LogP contribution is -1.96. The van der Waals surface area contributed by atoms with E-state index in [9.17, 15) is 0 Å². The van der Waals surface area contributed by atoms with Crippen LogP contribution in [-0.4, -0.2) is 7.11 Å². The van der Waals surface area contributed by atoms with Gasteiger partial charge in [-0.15, -0.1) is 11.3 Å². The monoisotopic (exact) mass is 285 g/mol. The van der Waals surface area contributed by atoms with Gasteiger partial charge in [-0.25, -0.2) is 0 Å². The van der Waals surface area contributed by atoms with Crippen molar-refractivity contribution in [2.75, 3.05) is 12.8 Å². The molecule has 0 atom stereocenters. The average molecular weight is 285 g/mol. The number of methoxy groups -OCH3 is 1. The summed E-state index contributed by atoms with van der Waals surface area (Å²) in [5.41, 5.74) is 7.96. The lowest BCUT2D eigenvalue weighted by atomic mass is 10.1. The fourth-order valence-electron chi connectivity index (χ4n) is 2.14. The molecule has 0 fully saturated rings. The Labute approximate surface area is 121 Å². The zero-order valence-corrected chi connectivity index (χ0v) is 11.9. The lowest BCUT2D eigenvalue weighted by molar-refractivity contribution is 0.305. The zero-order valence-electron chi connectivity index (χ0n) is 11.1. The number of hydrogen-bond donors (Lipinski definition) is 1. The third-order valence-corrected chi connectivity index (χ3v) is 4.14. The van der Waals surface area contributed by atoms with Crippen molar-refractivity contribution < 1.29 is 9.47 Å². The van der Waals surface area contributed by atoms with Crippen LogP contribution in [0.1, 0.15) is 5.56 Å². The summed E-state index contributed by atoms with van der Waals surface area (Å²) in [6.45, 7) is 0.501. The Morgan fingerprint density at radius 2 is 1.90 bits per heavy atom. The van der Waals surface area contributed by atoms with Crippen LogP contribution >= 0.6 is 11.3 Å². The van der Waals surface area contributed by atoms with Crippen LogP contribution in [0.4, 0.5) is 5.69 Å². The smallest absolute Gasteiger partial charge is 0.123 e. The highest BCUT2D eigenvalue weighted by Crippen LogP contribution is 2.31. The fraction of sp³-hybridized carbons (Fsp3) is 0.125. The van der Waals surface area contributed by atoms with Crippen molar-refractivity contribution in [3.63, 3.8) is 0 Å². The van der Waals surface area contributed by atoms with Gasteiger partial charge in [0.2, 0.25) is 0 Å². The zero-order chi connectivity index (χ0) is 13.9. The molecule has 1 aromatic heterocycles. The molecule has 3 aromatic rings. The van der Waals surface area contributed by atoms with Crippen LogP contribution in [-0.2, 0) is 6.61 Å². The Bertz CT molecular complexity index is 736. The van der Waals surface area contributed by atoms with Gasteiger partial charge in [-0.1, -0.05) is 12.1 Å². The summed E-state index contributed by atoms with van der Waals surface area (Å²) in [6, 6.07) is 13.6. The number of fused-ring (bicyclic) bond motifs is 1. The van der Waals surface area contributed by atoms with E-state index in [0.717, 1.165) is 28.1 Å². The molecule has 2 N–H and O–H groups in total. The minimum atomic E-state index is 0.501. The van der Waals surface area contributed by atoms with Gasteiger partial charge in [-0.05, 0) is 29.6 Å². The SMILES string of the molecule is COc1cccc(OCc2csc3cccc(N)c23)c1. The van der Waals surface area contributed by atoms with Crippen LogP contribution < -0.4 is 15.2 Å². The van der Waals surface area contributed by atoms with E-state index in [0.29, 0.717) is 6.61 Å². The maximum Gasteiger partial charge on any atom is 0.123 e. The highest BCUT2D eigenvalue weighted by atomic mass is 32.1. The molecule has 0 saturated heterocycles. The molecule has 3 nitrogen and oxygen atoms in total. The first kappa shape index (κ1) is 12.8. The van der Waals surface area contributed by atoms with E-state index in [1.165, 1.54) is 4.70 Å². The number of ether oxygens (including phenoxy) is 2. The summed E-state index contributed by atoms with van der Waals surface area (Å²) in [7, 11) is 1.65. The van der Waals surface area contributed by atoms with Crippen molar-refractivity contribution in [1.82, 2.24) is 0 Å². The van der Waals surface area contributed by atoms with Crippen molar-refractivity contribution in [1.29, 1.82) is 0 Å². The second kappa shape index (κ2) is 5.43. The Morgan fingerprint density at radius 1 is 1.10 bits per heavy atom. The molecule has 1 heterocycles. The number of nitrogen functional groups attached to an aromatic ring is 1. The molecule has 0 radical (unpaired) electrons. The summed E-state index contributed by atoms with van der Waals surface area (Å²) < 4.78 is 12.2. The molecule has 20 heavy (non-hydrogen) atoms. The van der Waals surface area contributed by atoms with Crippen molar-refractivity contribution >= 4 is 27.1 Å². The van der Waals surface area contributed by atoms with Gasteiger partial charge < -0.3 is 15.2 Å². The average Bonchev–Trinajstić information content (AvgIpc) is 2.90. The minimum absolute atomic E-state index is 0.501. The number of anilines is 1. The predicted molar refractivity (Wildman–Crippen MR) is 83.6 cm³/mol. The molecule has 0 spiro atoms. The molecule has 3 rings (SSSR count). The highest BCUT2D eigenvalue weighted by molar-refractivity contribution is 7.17. The second-order valence-corrected chi connectivity index (χ2v) is 5.36. The van der Waals surface area contributed by atoms with E-state index in [1.54, 1.807) is 18.4 Å². The number of hydrogen-bond acceptors (Lipinski definition) is 4. The number of nitrogens with two attached hydrogens (primary N) is 1. The van der Waals surface area contributed by atoms with Gasteiger partial charge in [0, 0.05) is 27.4 Å². The van der Waals surface area contributed by atoms with E-state index in [-0.39, 0.29) is 0 Å². The molecule has 4 heteroatoms. The van der Waals surface area contributed by atoms with Crippen molar-refractivity contribution in [3.05, 3.63) is 53.4 Å². The van der Waals surface area contributed by atoms with Crippen LogP contribution in [0.5, 0.6) is 11.5 Å². The first-order valence-corrected chi connectivity index (χ1v) is 7.17. The van der Waals surface area contributed by atoms with Crippen LogP contribution in [0.2, 0.25) is 0 Å². The summed E-state index contributed by atoms with van der Waals surface area (Å²) in [5.74, 6) is 1.58. The van der Waals surface area contributed by atoms with Crippen molar-refractivity contribution in [2.24, 2.45) is 0 Å². The largest absolute Gasteiger partial charge is 0.497 e. The fourth-order valence-corrected chi connectivity index (χ4v) is 3.12. The van der Waals surface area contributed by atoms with Gasteiger partial charge in [-0.2, -0.15) is 0 Å². The summed E-state index contributed by atoms with van der Waals surface area (Å²) in [4.78, 5) is 0. The third-order valence-electron chi connectivity index (χ3n) is 3.14. The summed E-state index contributed by atoms with van der Waals surface area (Å²) in [6.07, 6.45) is 0. The van der Waals surface area contributed by atoms with Gasteiger partial charge in [-0.3, -0.25) is 0 Å². The molecule has 102 valence electrons. The molecular weight excluding hydrogens is 270 g/mol. The molecule has 2 aromatic carbocycles. The normalized spacial score (nSPS) is 10.7. The number of thiophene rings is 1. The standard InChI is InChI=1S/C16H15NO2S/c1-18-12-4-2-5-13(8-12)19-9-11-10-20-15-7-3-6-14(17)16(11)15/h2-8,10H,9,17H2,1H3. The first-order chi connectivity index (χ1) is 9.78. The Hall–Kier alpha value is -2.20. The molecule has 0 amide bonds. The Kier molecular flexibility index (Phi) is 3.48. The maximum absolute atomic E-state index is 6.05. The second-order valence-electron chi connectivity index (χ2n) is 4.45. The van der Waals surface area contributed by atoms with Crippen molar-refractivity contribution in [2.45, 2.75) is 6.61 Å². The quantitative estimate of drug-likeness (QED) is 0.735. The topological polar surface area (TPSA) is 44.5 Å². The molecule has 0 bridgehead atoms. The molecule has 0 saturated carbocycles. The van der Waals surface area contributed by atoms with Gasteiger partial charge in [0.25, 0.3) is 0 Å². The number of benzene rings is 2. The van der Waals surface area contributed by atoms with Crippen LogP contribution in [0, 0.1) is 0 Å². The predicted octanol–water partition coefficient (Wildman–Crippen LogP) is 4.07.